The van der Waals surface area contributed by atoms with Crippen molar-refractivity contribution in [1.82, 2.24) is 19.3 Å². The summed E-state index contributed by atoms with van der Waals surface area (Å²) in [4.78, 5) is 4.79. The molecular formula is C41H40N4O. The summed E-state index contributed by atoms with van der Waals surface area (Å²) < 4.78 is 10.9. The van der Waals surface area contributed by atoms with Crippen LogP contribution < -0.4 is 4.74 Å². The molecule has 7 rings (SSSR count). The fourth-order valence-electron chi connectivity index (χ4n) is 6.57. The summed E-state index contributed by atoms with van der Waals surface area (Å²) in [7, 11) is 0. The van der Waals surface area contributed by atoms with Crippen LogP contribution in [0, 0.1) is 33.6 Å². The van der Waals surface area contributed by atoms with E-state index in [1.54, 1.807) is 0 Å². The Morgan fingerprint density at radius 1 is 0.717 bits per heavy atom. The average molecular weight is 605 g/mol. The summed E-state index contributed by atoms with van der Waals surface area (Å²) in [5.41, 5.74) is 11.3. The lowest BCUT2D eigenvalue weighted by Crippen LogP contribution is -2.00. The molecule has 5 heteroatoms. The third kappa shape index (κ3) is 5.58. The van der Waals surface area contributed by atoms with Crippen molar-refractivity contribution in [2.45, 2.75) is 54.4 Å². The van der Waals surface area contributed by atoms with E-state index < -0.39 is 0 Å². The van der Waals surface area contributed by atoms with Crippen molar-refractivity contribution in [3.05, 3.63) is 131 Å². The van der Waals surface area contributed by atoms with Gasteiger partial charge >= 0.3 is 0 Å². The number of rotatable bonds is 8. The summed E-state index contributed by atoms with van der Waals surface area (Å²) in [6, 6.07) is 34.2. The van der Waals surface area contributed by atoms with E-state index in [9.17, 15) is 0 Å². The molecule has 0 unspecified atom stereocenters. The van der Waals surface area contributed by atoms with Crippen LogP contribution in [0.4, 0.5) is 0 Å². The third-order valence-electron chi connectivity index (χ3n) is 8.81. The molecule has 0 saturated heterocycles. The van der Waals surface area contributed by atoms with Gasteiger partial charge < -0.3 is 4.74 Å². The van der Waals surface area contributed by atoms with Gasteiger partial charge in [0.05, 0.1) is 22.4 Å². The minimum atomic E-state index is 0.669. The number of fused-ring (bicyclic) bond motifs is 3. The Balaban J connectivity index is 1.30. The summed E-state index contributed by atoms with van der Waals surface area (Å²) >= 11 is 0. The first-order valence-electron chi connectivity index (χ1n) is 16.2. The van der Waals surface area contributed by atoms with Gasteiger partial charge in [-0.3, -0.25) is 4.57 Å². The largest absolute Gasteiger partial charge is 0.457 e. The van der Waals surface area contributed by atoms with Crippen LogP contribution in [0.5, 0.6) is 11.5 Å². The summed E-state index contributed by atoms with van der Waals surface area (Å²) in [5.74, 6) is 3.13. The molecule has 230 valence electrons. The molecule has 0 fully saturated rings. The average Bonchev–Trinajstić information content (AvgIpc) is 3.52. The lowest BCUT2D eigenvalue weighted by atomic mass is 10.0. The van der Waals surface area contributed by atoms with Gasteiger partial charge in [-0.15, -0.1) is 0 Å². The molecule has 0 amide bonds. The van der Waals surface area contributed by atoms with Crippen LogP contribution in [0.2, 0.25) is 0 Å². The zero-order valence-electron chi connectivity index (χ0n) is 27.5. The third-order valence-corrected chi connectivity index (χ3v) is 8.81. The Hall–Kier alpha value is -5.16. The molecule has 0 radical (unpaired) electrons. The van der Waals surface area contributed by atoms with Gasteiger partial charge in [-0.2, -0.15) is 5.10 Å². The predicted octanol–water partition coefficient (Wildman–Crippen LogP) is 10.6. The van der Waals surface area contributed by atoms with E-state index in [-0.39, 0.29) is 0 Å². The first-order chi connectivity index (χ1) is 22.2. The van der Waals surface area contributed by atoms with Gasteiger partial charge in [0.2, 0.25) is 0 Å². The molecule has 0 bridgehead atoms. The monoisotopic (exact) mass is 604 g/mol. The molecule has 46 heavy (non-hydrogen) atoms. The zero-order valence-corrected chi connectivity index (χ0v) is 27.5. The summed E-state index contributed by atoms with van der Waals surface area (Å²) in [5, 5.41) is 7.38. The molecule has 3 aromatic heterocycles. The lowest BCUT2D eigenvalue weighted by Gasteiger charge is -2.12. The Labute approximate surface area is 271 Å². The first kappa shape index (κ1) is 29.5. The minimum absolute atomic E-state index is 0.669. The zero-order chi connectivity index (χ0) is 31.9. The Bertz CT molecular complexity index is 2200. The second-order valence-corrected chi connectivity index (χ2v) is 12.9. The second-order valence-electron chi connectivity index (χ2n) is 12.9. The Kier molecular flexibility index (Phi) is 7.69. The molecule has 7 aromatic rings. The molecule has 3 heterocycles. The van der Waals surface area contributed by atoms with Gasteiger partial charge in [-0.25, -0.2) is 9.67 Å². The van der Waals surface area contributed by atoms with E-state index >= 15 is 0 Å². The van der Waals surface area contributed by atoms with Gasteiger partial charge in [-0.1, -0.05) is 50.2 Å². The Morgan fingerprint density at radius 3 is 2.33 bits per heavy atom. The highest BCUT2D eigenvalue weighted by Gasteiger charge is 2.17. The van der Waals surface area contributed by atoms with E-state index in [0.29, 0.717) is 5.92 Å². The maximum absolute atomic E-state index is 6.62. The number of aromatic nitrogens is 4. The minimum Gasteiger partial charge on any atom is -0.457 e. The Morgan fingerprint density at radius 2 is 1.54 bits per heavy atom. The predicted molar refractivity (Wildman–Crippen MR) is 190 cm³/mol. The first-order valence-corrected chi connectivity index (χ1v) is 16.2. The van der Waals surface area contributed by atoms with E-state index in [0.717, 1.165) is 57.4 Å². The summed E-state index contributed by atoms with van der Waals surface area (Å²) in [6.07, 6.45) is 4.13. The van der Waals surface area contributed by atoms with Crippen LogP contribution in [-0.4, -0.2) is 19.3 Å². The number of pyridine rings is 1. The molecule has 0 aliphatic rings. The number of ether oxygens (including phenoxy) is 1. The smallest absolute Gasteiger partial charge is 0.137 e. The van der Waals surface area contributed by atoms with Crippen LogP contribution in [0.1, 0.15) is 48.3 Å². The quantitative estimate of drug-likeness (QED) is 0.173. The number of hydrogen-bond donors (Lipinski definition) is 0. The van der Waals surface area contributed by atoms with Crippen molar-refractivity contribution in [2.75, 3.05) is 0 Å². The highest BCUT2D eigenvalue weighted by atomic mass is 16.5. The number of hydrogen-bond acceptors (Lipinski definition) is 3. The highest BCUT2D eigenvalue weighted by molar-refractivity contribution is 6.09. The molecule has 0 atom stereocenters. The van der Waals surface area contributed by atoms with Gasteiger partial charge in [0, 0.05) is 40.4 Å². The molecule has 0 spiro atoms. The molecule has 0 aliphatic heterocycles. The van der Waals surface area contributed by atoms with E-state index in [1.165, 1.54) is 39.4 Å². The molecule has 0 saturated carbocycles. The molecule has 4 aromatic carbocycles. The van der Waals surface area contributed by atoms with Crippen molar-refractivity contribution in [1.29, 1.82) is 0 Å². The van der Waals surface area contributed by atoms with Crippen molar-refractivity contribution < 1.29 is 4.74 Å². The van der Waals surface area contributed by atoms with E-state index in [1.807, 2.05) is 23.0 Å². The lowest BCUT2D eigenvalue weighted by molar-refractivity contribution is 0.482. The van der Waals surface area contributed by atoms with E-state index in [4.69, 9.17) is 14.8 Å². The normalized spacial score (nSPS) is 11.6. The number of benzene rings is 4. The number of nitrogens with zero attached hydrogens (tertiary/aromatic N) is 4. The van der Waals surface area contributed by atoms with Gasteiger partial charge in [0.15, 0.2) is 0 Å². The SMILES string of the molecule is Cc1cc(Oc2ccc3c4cc(CCC(C)C)ccc4n(-c4cc(C)ccn4)c3c2)cc(-n2nc(C)c(-c3ccccc3)c2C)c1. The molecular weight excluding hydrogens is 564 g/mol. The van der Waals surface area contributed by atoms with Gasteiger partial charge in [0.1, 0.15) is 17.3 Å². The van der Waals surface area contributed by atoms with Crippen LogP contribution in [-0.2, 0) is 6.42 Å². The fourth-order valence-corrected chi connectivity index (χ4v) is 6.57. The molecule has 0 N–H and O–H groups in total. The maximum atomic E-state index is 6.62. The van der Waals surface area contributed by atoms with Crippen LogP contribution in [0.15, 0.2) is 103 Å². The van der Waals surface area contributed by atoms with Crippen molar-refractivity contribution >= 4 is 21.8 Å². The van der Waals surface area contributed by atoms with Crippen LogP contribution in [0.3, 0.4) is 0 Å². The second kappa shape index (κ2) is 12.0. The van der Waals surface area contributed by atoms with Crippen LogP contribution in [0.25, 0.3) is 44.4 Å². The highest BCUT2D eigenvalue weighted by Crippen LogP contribution is 2.37. The summed E-state index contributed by atoms with van der Waals surface area (Å²) in [6.45, 7) is 13.0. The topological polar surface area (TPSA) is 44.9 Å². The van der Waals surface area contributed by atoms with Crippen LogP contribution >= 0.6 is 0 Å². The molecule has 5 nitrogen and oxygen atoms in total. The number of aryl methyl sites for hydroxylation is 4. The van der Waals surface area contributed by atoms with Crippen molar-refractivity contribution in [3.8, 4) is 34.1 Å². The van der Waals surface area contributed by atoms with Gasteiger partial charge in [-0.05, 0) is 117 Å². The van der Waals surface area contributed by atoms with Gasteiger partial charge in [0.25, 0.3) is 0 Å². The molecule has 0 aliphatic carbocycles. The van der Waals surface area contributed by atoms with E-state index in [2.05, 4.69) is 131 Å². The maximum Gasteiger partial charge on any atom is 0.137 e. The van der Waals surface area contributed by atoms with Crippen molar-refractivity contribution in [2.24, 2.45) is 5.92 Å². The standard InChI is InChI=1S/C41H40N4O/c1-26(2)12-13-31-14-17-38-37(23-31)36-16-15-34(25-39(36)44(38)40-22-27(3)18-19-42-40)46-35-21-28(4)20-33(24-35)45-30(6)41(29(5)43-45)32-10-8-7-9-11-32/h7-11,14-26H,12-13H2,1-6H3. The van der Waals surface area contributed by atoms with Crippen molar-refractivity contribution in [3.63, 3.8) is 0 Å². The fraction of sp³-hybridized carbons (Fsp3) is 0.220.